The zero-order valence-electron chi connectivity index (χ0n) is 10.7. The lowest BCUT2D eigenvalue weighted by atomic mass is 10.1. The number of aliphatic hydroxyl groups excluding tert-OH is 1. The van der Waals surface area contributed by atoms with E-state index in [2.05, 4.69) is 5.32 Å². The molecule has 0 saturated carbocycles. The maximum absolute atomic E-state index is 11.9. The number of thiophene rings is 1. The number of likely N-dealkylation sites (tertiary alicyclic amines) is 1. The average molecular weight is 282 g/mol. The number of carbonyl (C=O) groups excluding carboxylic acids is 2. The number of amides is 2. The fourth-order valence-corrected chi connectivity index (χ4v) is 2.88. The molecule has 2 N–H and O–H groups in total. The number of nitrogens with one attached hydrogen (secondary N) is 1. The molecule has 2 rings (SSSR count). The molecule has 2 amide bonds. The monoisotopic (exact) mass is 282 g/mol. The van der Waals surface area contributed by atoms with E-state index in [4.69, 9.17) is 5.11 Å². The average Bonchev–Trinajstić information content (AvgIpc) is 3.06. The Kier molecular flexibility index (Phi) is 4.93. The molecule has 104 valence electrons. The van der Waals surface area contributed by atoms with Gasteiger partial charge in [0.15, 0.2) is 0 Å². The summed E-state index contributed by atoms with van der Waals surface area (Å²) in [6.45, 7) is 1.62. The molecule has 1 aliphatic heterocycles. The van der Waals surface area contributed by atoms with Crippen LogP contribution in [0, 0.1) is 5.92 Å². The molecular formula is C13H18N2O3S. The van der Waals surface area contributed by atoms with Crippen molar-refractivity contribution in [3.63, 3.8) is 0 Å². The van der Waals surface area contributed by atoms with Gasteiger partial charge >= 0.3 is 0 Å². The summed E-state index contributed by atoms with van der Waals surface area (Å²) in [4.78, 5) is 26.0. The number of hydrogen-bond acceptors (Lipinski definition) is 4. The van der Waals surface area contributed by atoms with Crippen molar-refractivity contribution < 1.29 is 14.7 Å². The normalized spacial score (nSPS) is 18.6. The molecule has 0 bridgehead atoms. The molecule has 1 aromatic heterocycles. The van der Waals surface area contributed by atoms with Gasteiger partial charge < -0.3 is 15.3 Å². The van der Waals surface area contributed by atoms with Gasteiger partial charge in [-0.25, -0.2) is 0 Å². The highest BCUT2D eigenvalue weighted by Crippen LogP contribution is 2.18. The summed E-state index contributed by atoms with van der Waals surface area (Å²) in [7, 11) is 0. The summed E-state index contributed by atoms with van der Waals surface area (Å²) in [5.74, 6) is 0.141. The van der Waals surface area contributed by atoms with Crippen LogP contribution in [0.1, 0.15) is 22.5 Å². The molecule has 2 heterocycles. The van der Waals surface area contributed by atoms with Crippen LogP contribution in [-0.4, -0.2) is 48.1 Å². The van der Waals surface area contributed by atoms with Gasteiger partial charge in [-0.15, -0.1) is 11.3 Å². The fourth-order valence-electron chi connectivity index (χ4n) is 2.24. The van der Waals surface area contributed by atoms with E-state index in [1.54, 1.807) is 17.0 Å². The molecule has 0 spiro atoms. The zero-order valence-corrected chi connectivity index (χ0v) is 11.5. The molecule has 1 aliphatic rings. The predicted octanol–water partition coefficient (Wildman–Crippen LogP) is 0.709. The van der Waals surface area contributed by atoms with E-state index in [1.165, 1.54) is 11.3 Å². The van der Waals surface area contributed by atoms with Crippen LogP contribution in [0.25, 0.3) is 0 Å². The zero-order chi connectivity index (χ0) is 13.7. The third kappa shape index (κ3) is 3.78. The molecule has 0 aromatic carbocycles. The highest BCUT2D eigenvalue weighted by atomic mass is 32.1. The van der Waals surface area contributed by atoms with Crippen molar-refractivity contribution in [1.29, 1.82) is 0 Å². The summed E-state index contributed by atoms with van der Waals surface area (Å²) in [5, 5.41) is 13.3. The van der Waals surface area contributed by atoms with Crippen molar-refractivity contribution in [1.82, 2.24) is 10.2 Å². The Bertz CT molecular complexity index is 433. The molecule has 1 aromatic rings. The Morgan fingerprint density at radius 3 is 3.05 bits per heavy atom. The minimum Gasteiger partial charge on any atom is -0.396 e. The lowest BCUT2D eigenvalue weighted by molar-refractivity contribution is -0.129. The highest BCUT2D eigenvalue weighted by molar-refractivity contribution is 7.12. The van der Waals surface area contributed by atoms with Crippen LogP contribution in [0.3, 0.4) is 0 Å². The van der Waals surface area contributed by atoms with Gasteiger partial charge in [-0.3, -0.25) is 9.59 Å². The van der Waals surface area contributed by atoms with E-state index >= 15 is 0 Å². The Morgan fingerprint density at radius 2 is 2.37 bits per heavy atom. The minimum atomic E-state index is -0.200. The van der Waals surface area contributed by atoms with Crippen LogP contribution in [-0.2, 0) is 4.79 Å². The fraction of sp³-hybridized carbons (Fsp3) is 0.538. The smallest absolute Gasteiger partial charge is 0.261 e. The topological polar surface area (TPSA) is 69.6 Å². The number of aliphatic hydroxyl groups is 1. The maximum atomic E-state index is 11.9. The largest absolute Gasteiger partial charge is 0.396 e. The van der Waals surface area contributed by atoms with Gasteiger partial charge in [0, 0.05) is 19.7 Å². The first kappa shape index (κ1) is 14.0. The molecule has 1 atom stereocenters. The molecule has 6 heteroatoms. The number of nitrogens with zero attached hydrogens (tertiary/aromatic N) is 1. The predicted molar refractivity (Wildman–Crippen MR) is 73.0 cm³/mol. The van der Waals surface area contributed by atoms with E-state index in [0.717, 1.165) is 19.4 Å². The van der Waals surface area contributed by atoms with Crippen LogP contribution in [0.4, 0.5) is 0 Å². The first-order chi connectivity index (χ1) is 9.20. The van der Waals surface area contributed by atoms with Crippen LogP contribution < -0.4 is 5.32 Å². The molecule has 19 heavy (non-hydrogen) atoms. The summed E-state index contributed by atoms with van der Waals surface area (Å²) >= 11 is 1.36. The Labute approximate surface area is 116 Å². The van der Waals surface area contributed by atoms with Gasteiger partial charge in [0.05, 0.1) is 11.4 Å². The molecule has 1 saturated heterocycles. The molecule has 0 radical (unpaired) electrons. The highest BCUT2D eigenvalue weighted by Gasteiger charge is 2.25. The van der Waals surface area contributed by atoms with Gasteiger partial charge in [0.1, 0.15) is 0 Å². The van der Waals surface area contributed by atoms with Crippen LogP contribution in [0.5, 0.6) is 0 Å². The quantitative estimate of drug-likeness (QED) is 0.835. The van der Waals surface area contributed by atoms with Gasteiger partial charge in [-0.1, -0.05) is 6.07 Å². The molecule has 1 unspecified atom stereocenters. The summed E-state index contributed by atoms with van der Waals surface area (Å²) in [6, 6.07) is 3.54. The van der Waals surface area contributed by atoms with Crippen LogP contribution in [0.2, 0.25) is 0 Å². The SMILES string of the molecule is O=C(NCC(=O)N1CCC(CCO)C1)c1cccs1. The van der Waals surface area contributed by atoms with E-state index in [0.29, 0.717) is 17.3 Å². The summed E-state index contributed by atoms with van der Waals surface area (Å²) in [5.41, 5.74) is 0. The summed E-state index contributed by atoms with van der Waals surface area (Å²) in [6.07, 6.45) is 1.68. The van der Waals surface area contributed by atoms with Gasteiger partial charge in [-0.2, -0.15) is 0 Å². The van der Waals surface area contributed by atoms with Crippen molar-refractivity contribution in [2.75, 3.05) is 26.2 Å². The summed E-state index contributed by atoms with van der Waals surface area (Å²) < 4.78 is 0. The number of hydrogen-bond donors (Lipinski definition) is 2. The Hall–Kier alpha value is -1.40. The van der Waals surface area contributed by atoms with E-state index < -0.39 is 0 Å². The van der Waals surface area contributed by atoms with Crippen molar-refractivity contribution in [2.45, 2.75) is 12.8 Å². The van der Waals surface area contributed by atoms with Gasteiger partial charge in [-0.05, 0) is 30.2 Å². The second-order valence-electron chi connectivity index (χ2n) is 4.67. The van der Waals surface area contributed by atoms with Gasteiger partial charge in [0.25, 0.3) is 5.91 Å². The Balaban J connectivity index is 1.75. The molecule has 1 fully saturated rings. The van der Waals surface area contributed by atoms with Crippen LogP contribution in [0.15, 0.2) is 17.5 Å². The standard InChI is InChI=1S/C13H18N2O3S/c16-6-4-10-3-5-15(9-10)12(17)8-14-13(18)11-2-1-7-19-11/h1-2,7,10,16H,3-6,8-9H2,(H,14,18). The Morgan fingerprint density at radius 1 is 1.53 bits per heavy atom. The molecule has 0 aliphatic carbocycles. The third-order valence-electron chi connectivity index (χ3n) is 3.32. The first-order valence-electron chi connectivity index (χ1n) is 6.41. The van der Waals surface area contributed by atoms with Crippen LogP contribution >= 0.6 is 11.3 Å². The molecule has 5 nitrogen and oxygen atoms in total. The lowest BCUT2D eigenvalue weighted by Crippen LogP contribution is -2.38. The van der Waals surface area contributed by atoms with Crippen molar-refractivity contribution in [2.24, 2.45) is 5.92 Å². The second kappa shape index (κ2) is 6.68. The number of carbonyl (C=O) groups is 2. The van der Waals surface area contributed by atoms with E-state index in [1.807, 2.05) is 5.38 Å². The first-order valence-corrected chi connectivity index (χ1v) is 7.29. The maximum Gasteiger partial charge on any atom is 0.261 e. The van der Waals surface area contributed by atoms with Gasteiger partial charge in [0.2, 0.25) is 5.91 Å². The number of rotatable bonds is 5. The second-order valence-corrected chi connectivity index (χ2v) is 5.61. The molecular weight excluding hydrogens is 264 g/mol. The van der Waals surface area contributed by atoms with Crippen molar-refractivity contribution >= 4 is 23.2 Å². The third-order valence-corrected chi connectivity index (χ3v) is 4.19. The lowest BCUT2D eigenvalue weighted by Gasteiger charge is -2.16. The van der Waals surface area contributed by atoms with E-state index in [9.17, 15) is 9.59 Å². The minimum absolute atomic E-state index is 0.0442. The van der Waals surface area contributed by atoms with Crippen molar-refractivity contribution in [3.8, 4) is 0 Å². The van der Waals surface area contributed by atoms with E-state index in [-0.39, 0.29) is 25.0 Å². The van der Waals surface area contributed by atoms with Crippen molar-refractivity contribution in [3.05, 3.63) is 22.4 Å².